The number of hydrogen-bond donors (Lipinski definition) is 0. The summed E-state index contributed by atoms with van der Waals surface area (Å²) in [5.41, 5.74) is 4.24. The van der Waals surface area contributed by atoms with Crippen LogP contribution in [0.2, 0.25) is 0 Å². The van der Waals surface area contributed by atoms with E-state index >= 15 is 0 Å². The molecule has 9 nitrogen and oxygen atoms in total. The molecular formula is C24H25N5O4S. The number of carbonyl (C=O) groups excluding carboxylic acids is 1. The van der Waals surface area contributed by atoms with Crippen LogP contribution in [0.3, 0.4) is 0 Å². The molecule has 1 aromatic carbocycles. The highest BCUT2D eigenvalue weighted by Crippen LogP contribution is 2.51. The van der Waals surface area contributed by atoms with Gasteiger partial charge < -0.3 is 9.74 Å². The minimum atomic E-state index is -3.18. The summed E-state index contributed by atoms with van der Waals surface area (Å²) >= 11 is 0. The van der Waals surface area contributed by atoms with Gasteiger partial charge in [-0.05, 0) is 49.8 Å². The summed E-state index contributed by atoms with van der Waals surface area (Å²) in [7, 11) is -1.44. The van der Waals surface area contributed by atoms with E-state index < -0.39 is 14.6 Å². The highest BCUT2D eigenvalue weighted by molar-refractivity contribution is 7.94. The average molecular weight is 480 g/mol. The highest BCUT2D eigenvalue weighted by atomic mass is 32.2. The second-order valence-electron chi connectivity index (χ2n) is 9.77. The Morgan fingerprint density at radius 3 is 2.62 bits per heavy atom. The zero-order valence-corrected chi connectivity index (χ0v) is 19.7. The van der Waals surface area contributed by atoms with E-state index in [2.05, 4.69) is 16.3 Å². The second kappa shape index (κ2) is 7.40. The van der Waals surface area contributed by atoms with Crippen molar-refractivity contribution in [2.75, 3.05) is 13.1 Å². The lowest BCUT2D eigenvalue weighted by Crippen LogP contribution is -2.46. The maximum absolute atomic E-state index is 13.4. The molecule has 0 bridgehead atoms. The SMILES string of the molecule is Cn1nc(C2=NO[C@H](c3ccc(C#N)cc3)C2)c2c1C(=O)N(CC1(S(=O)(=O)C3CC3)CC1)CC2. The number of carbonyl (C=O) groups is 1. The summed E-state index contributed by atoms with van der Waals surface area (Å²) in [6, 6.07) is 9.34. The largest absolute Gasteiger partial charge is 0.387 e. The van der Waals surface area contributed by atoms with Gasteiger partial charge in [-0.3, -0.25) is 9.48 Å². The van der Waals surface area contributed by atoms with Crippen molar-refractivity contribution in [2.24, 2.45) is 12.2 Å². The third-order valence-corrected chi connectivity index (χ3v) is 10.6. The number of aromatic nitrogens is 2. The third-order valence-electron chi connectivity index (χ3n) is 7.47. The summed E-state index contributed by atoms with van der Waals surface area (Å²) in [6.45, 7) is 0.745. The van der Waals surface area contributed by atoms with E-state index in [0.717, 1.165) is 24.0 Å². The Bertz CT molecular complexity index is 1360. The van der Waals surface area contributed by atoms with E-state index in [1.165, 1.54) is 0 Å². The van der Waals surface area contributed by atoms with Crippen LogP contribution in [0, 0.1) is 11.3 Å². The molecule has 6 rings (SSSR count). The monoisotopic (exact) mass is 479 g/mol. The maximum Gasteiger partial charge on any atom is 0.272 e. The van der Waals surface area contributed by atoms with Crippen LogP contribution >= 0.6 is 0 Å². The lowest BCUT2D eigenvalue weighted by atomic mass is 9.97. The first-order valence-electron chi connectivity index (χ1n) is 11.6. The van der Waals surface area contributed by atoms with Gasteiger partial charge in [0.2, 0.25) is 0 Å². The zero-order valence-electron chi connectivity index (χ0n) is 18.9. The number of benzene rings is 1. The number of oxime groups is 1. The van der Waals surface area contributed by atoms with Crippen molar-refractivity contribution in [3.63, 3.8) is 0 Å². The molecule has 0 spiro atoms. The van der Waals surface area contributed by atoms with Crippen molar-refractivity contribution < 1.29 is 18.0 Å². The number of hydrogen-bond acceptors (Lipinski definition) is 7. The van der Waals surface area contributed by atoms with Crippen molar-refractivity contribution in [3.05, 3.63) is 52.3 Å². The molecule has 2 fully saturated rings. The Kier molecular flexibility index (Phi) is 4.65. The fraction of sp³-hybridized carbons (Fsp3) is 0.500. The van der Waals surface area contributed by atoms with Gasteiger partial charge in [0.1, 0.15) is 17.1 Å². The van der Waals surface area contributed by atoms with Gasteiger partial charge in [0, 0.05) is 32.1 Å². The van der Waals surface area contributed by atoms with E-state index in [-0.39, 0.29) is 23.8 Å². The van der Waals surface area contributed by atoms with Gasteiger partial charge in [0.15, 0.2) is 15.9 Å². The smallest absolute Gasteiger partial charge is 0.272 e. The fourth-order valence-corrected chi connectivity index (χ4v) is 7.64. The molecule has 4 aliphatic rings. The van der Waals surface area contributed by atoms with E-state index in [9.17, 15) is 13.2 Å². The third kappa shape index (κ3) is 3.25. The minimum Gasteiger partial charge on any atom is -0.387 e. The van der Waals surface area contributed by atoms with Gasteiger partial charge in [-0.2, -0.15) is 10.4 Å². The van der Waals surface area contributed by atoms with Crippen LogP contribution in [0.4, 0.5) is 0 Å². The lowest BCUT2D eigenvalue weighted by Gasteiger charge is -2.31. The molecule has 0 unspecified atom stereocenters. The van der Waals surface area contributed by atoms with Crippen LogP contribution in [-0.4, -0.2) is 57.8 Å². The van der Waals surface area contributed by atoms with Crippen LogP contribution in [-0.2, 0) is 28.1 Å². The number of sulfone groups is 1. The Balaban J connectivity index is 1.21. The first-order valence-corrected chi connectivity index (χ1v) is 13.2. The molecular weight excluding hydrogens is 454 g/mol. The van der Waals surface area contributed by atoms with Gasteiger partial charge >= 0.3 is 0 Å². The summed E-state index contributed by atoms with van der Waals surface area (Å²) < 4.78 is 26.7. The van der Waals surface area contributed by atoms with Crippen LogP contribution < -0.4 is 0 Å². The summed E-state index contributed by atoms with van der Waals surface area (Å²) in [4.78, 5) is 20.8. The van der Waals surface area contributed by atoms with Crippen molar-refractivity contribution in [2.45, 2.75) is 54.6 Å². The van der Waals surface area contributed by atoms with Crippen molar-refractivity contribution in [1.29, 1.82) is 5.26 Å². The quantitative estimate of drug-likeness (QED) is 0.627. The van der Waals surface area contributed by atoms with Gasteiger partial charge in [-0.1, -0.05) is 17.3 Å². The first kappa shape index (κ1) is 21.4. The molecule has 1 amide bonds. The molecule has 2 aromatic rings. The number of aryl methyl sites for hydroxylation is 1. The molecule has 2 aliphatic heterocycles. The van der Waals surface area contributed by atoms with Gasteiger partial charge in [0.25, 0.3) is 5.91 Å². The molecule has 3 heterocycles. The molecule has 34 heavy (non-hydrogen) atoms. The predicted octanol–water partition coefficient (Wildman–Crippen LogP) is 2.27. The van der Waals surface area contributed by atoms with Crippen molar-refractivity contribution >= 4 is 21.5 Å². The lowest BCUT2D eigenvalue weighted by molar-refractivity contribution is 0.0724. The molecule has 2 aliphatic carbocycles. The normalized spacial score (nSPS) is 23.2. The number of nitriles is 1. The predicted molar refractivity (Wildman–Crippen MR) is 123 cm³/mol. The fourth-order valence-electron chi connectivity index (χ4n) is 5.17. The van der Waals surface area contributed by atoms with E-state index in [1.54, 1.807) is 28.8 Å². The molecule has 176 valence electrons. The Morgan fingerprint density at radius 1 is 1.24 bits per heavy atom. The van der Waals surface area contributed by atoms with Gasteiger partial charge in [-0.25, -0.2) is 8.42 Å². The standard InChI is InChI=1S/C24H25N5O4S/c1-28-22-18(8-11-29(23(22)30)14-24(9-10-24)34(31,32)17-6-7-17)21(26-28)19-12-20(33-27-19)16-4-2-15(13-25)3-5-16/h2-5,17,20H,6-12,14H2,1H3/t20-/m0/s1. The molecule has 10 heteroatoms. The molecule has 1 atom stereocenters. The van der Waals surface area contributed by atoms with Crippen LogP contribution in [0.1, 0.15) is 71.1 Å². The highest BCUT2D eigenvalue weighted by Gasteiger charge is 2.60. The van der Waals surface area contributed by atoms with Gasteiger partial charge in [0.05, 0.1) is 21.6 Å². The van der Waals surface area contributed by atoms with Crippen molar-refractivity contribution in [1.82, 2.24) is 14.7 Å². The average Bonchev–Trinajstić information content (AvgIpc) is 3.75. The number of fused-ring (bicyclic) bond motifs is 1. The Morgan fingerprint density at radius 2 is 1.97 bits per heavy atom. The molecule has 0 saturated heterocycles. The zero-order chi connectivity index (χ0) is 23.7. The molecule has 2 saturated carbocycles. The Labute approximate surface area is 197 Å². The van der Waals surface area contributed by atoms with Crippen LogP contribution in [0.5, 0.6) is 0 Å². The number of amides is 1. The Hall–Kier alpha value is -3.19. The topological polar surface area (TPSA) is 118 Å². The first-order chi connectivity index (χ1) is 16.3. The van der Waals surface area contributed by atoms with Crippen molar-refractivity contribution in [3.8, 4) is 6.07 Å². The van der Waals surface area contributed by atoms with Crippen LogP contribution in [0.15, 0.2) is 29.4 Å². The number of nitrogens with zero attached hydrogens (tertiary/aromatic N) is 5. The maximum atomic E-state index is 13.4. The molecule has 0 N–H and O–H groups in total. The summed E-state index contributed by atoms with van der Waals surface area (Å²) in [6.07, 6.45) is 3.65. The molecule has 0 radical (unpaired) electrons. The minimum absolute atomic E-state index is 0.164. The van der Waals surface area contributed by atoms with E-state index in [1.807, 2.05) is 12.1 Å². The summed E-state index contributed by atoms with van der Waals surface area (Å²) in [5.74, 6) is -0.164. The summed E-state index contributed by atoms with van der Waals surface area (Å²) in [5, 5.41) is 17.7. The van der Waals surface area contributed by atoms with E-state index in [0.29, 0.717) is 54.9 Å². The van der Waals surface area contributed by atoms with Gasteiger partial charge in [-0.15, -0.1) is 0 Å². The molecule has 1 aromatic heterocycles. The number of rotatable bonds is 6. The van der Waals surface area contributed by atoms with E-state index in [4.69, 9.17) is 10.1 Å². The van der Waals surface area contributed by atoms with Crippen LogP contribution in [0.25, 0.3) is 0 Å². The second-order valence-corrected chi connectivity index (χ2v) is 12.4.